The fraction of sp³-hybridized carbons (Fsp3) is 0.0714. The Bertz CT molecular complexity index is 812. The van der Waals surface area contributed by atoms with E-state index in [0.717, 1.165) is 16.6 Å². The Kier molecular flexibility index (Phi) is 2.80. The van der Waals surface area contributed by atoms with Crippen LogP contribution in [0.4, 0.5) is 0 Å². The minimum Gasteiger partial charge on any atom is -0.269 e. The number of rotatable bonds is 1. The Morgan fingerprint density at radius 3 is 2.68 bits per heavy atom. The molecule has 5 heteroatoms. The second kappa shape index (κ2) is 4.48. The van der Waals surface area contributed by atoms with Gasteiger partial charge < -0.3 is 0 Å². The number of hydrogen-bond donors (Lipinski definition) is 0. The molecule has 2 aromatic heterocycles. The van der Waals surface area contributed by atoms with Crippen molar-refractivity contribution >= 4 is 22.6 Å². The van der Waals surface area contributed by atoms with Crippen molar-refractivity contribution in [2.75, 3.05) is 0 Å². The topological polar surface area (TPSA) is 47.8 Å². The van der Waals surface area contributed by atoms with Gasteiger partial charge in [0.1, 0.15) is 0 Å². The molecule has 0 aliphatic heterocycles. The first-order valence-corrected chi connectivity index (χ1v) is 6.15. The van der Waals surface area contributed by atoms with Crippen LogP contribution in [0.5, 0.6) is 0 Å². The molecule has 1 aromatic carbocycles. The van der Waals surface area contributed by atoms with Gasteiger partial charge in [-0.2, -0.15) is 4.98 Å². The molecule has 3 aromatic rings. The molecule has 0 unspecified atom stereocenters. The van der Waals surface area contributed by atoms with E-state index in [9.17, 15) is 4.79 Å². The zero-order chi connectivity index (χ0) is 13.4. The average Bonchev–Trinajstić information content (AvgIpc) is 2.39. The first-order chi connectivity index (χ1) is 9.16. The van der Waals surface area contributed by atoms with Crippen LogP contribution in [0.15, 0.2) is 47.4 Å². The minimum atomic E-state index is -0.133. The van der Waals surface area contributed by atoms with Gasteiger partial charge in [-0.25, -0.2) is 4.98 Å². The molecule has 0 atom stereocenters. The average molecular weight is 272 g/mol. The Labute approximate surface area is 114 Å². The standard InChI is InChI=1S/C14H10ClN3O/c1-9-7-12(19)18(10-5-3-2-4-6-10)13-11(9)8-16-14(15)17-13/h2-8H,1H3. The predicted octanol–water partition coefficient (Wildman–Crippen LogP) is 2.74. The van der Waals surface area contributed by atoms with Crippen LogP contribution in [0.25, 0.3) is 16.7 Å². The molecule has 0 bridgehead atoms. The first-order valence-electron chi connectivity index (χ1n) is 5.77. The predicted molar refractivity (Wildman–Crippen MR) is 74.9 cm³/mol. The van der Waals surface area contributed by atoms with E-state index in [1.165, 1.54) is 4.57 Å². The molecule has 4 nitrogen and oxygen atoms in total. The third-order valence-corrected chi connectivity index (χ3v) is 3.13. The smallest absolute Gasteiger partial charge is 0.257 e. The molecule has 0 aliphatic rings. The molecule has 0 saturated carbocycles. The molecule has 19 heavy (non-hydrogen) atoms. The van der Waals surface area contributed by atoms with Crippen LogP contribution in [0.2, 0.25) is 5.28 Å². The highest BCUT2D eigenvalue weighted by molar-refractivity contribution is 6.28. The molecule has 0 N–H and O–H groups in total. The van der Waals surface area contributed by atoms with Gasteiger partial charge in [-0.15, -0.1) is 0 Å². The molecule has 0 saturated heterocycles. The van der Waals surface area contributed by atoms with Crippen LogP contribution in [0.1, 0.15) is 5.56 Å². The second-order valence-electron chi connectivity index (χ2n) is 4.21. The molecule has 0 radical (unpaired) electrons. The summed E-state index contributed by atoms with van der Waals surface area (Å²) in [5.74, 6) is 0. The monoisotopic (exact) mass is 271 g/mol. The largest absolute Gasteiger partial charge is 0.269 e. The molecule has 0 amide bonds. The zero-order valence-corrected chi connectivity index (χ0v) is 10.9. The lowest BCUT2D eigenvalue weighted by Gasteiger charge is -2.10. The minimum absolute atomic E-state index is 0.127. The third-order valence-electron chi connectivity index (χ3n) is 2.95. The van der Waals surface area contributed by atoms with Crippen LogP contribution < -0.4 is 5.56 Å². The van der Waals surface area contributed by atoms with Crippen molar-refractivity contribution in [1.29, 1.82) is 0 Å². The molecule has 0 fully saturated rings. The maximum Gasteiger partial charge on any atom is 0.257 e. The Balaban J connectivity index is 2.48. The van der Waals surface area contributed by atoms with Gasteiger partial charge in [0.15, 0.2) is 5.65 Å². The molecule has 3 rings (SSSR count). The highest BCUT2D eigenvalue weighted by Crippen LogP contribution is 2.18. The normalized spacial score (nSPS) is 10.8. The Morgan fingerprint density at radius 1 is 1.21 bits per heavy atom. The fourth-order valence-electron chi connectivity index (χ4n) is 2.06. The lowest BCUT2D eigenvalue weighted by molar-refractivity contribution is 0.997. The summed E-state index contributed by atoms with van der Waals surface area (Å²) in [6.07, 6.45) is 1.64. The van der Waals surface area contributed by atoms with E-state index in [-0.39, 0.29) is 10.8 Å². The third kappa shape index (κ3) is 2.00. The van der Waals surface area contributed by atoms with Gasteiger partial charge in [0.25, 0.3) is 5.56 Å². The quantitative estimate of drug-likeness (QED) is 0.640. The van der Waals surface area contributed by atoms with Crippen molar-refractivity contribution in [3.05, 3.63) is 63.8 Å². The Morgan fingerprint density at radius 2 is 1.95 bits per heavy atom. The lowest BCUT2D eigenvalue weighted by Crippen LogP contribution is -2.19. The van der Waals surface area contributed by atoms with Crippen molar-refractivity contribution < 1.29 is 0 Å². The molecular formula is C14H10ClN3O. The van der Waals surface area contributed by atoms with E-state index in [4.69, 9.17) is 11.6 Å². The highest BCUT2D eigenvalue weighted by Gasteiger charge is 2.10. The maximum atomic E-state index is 12.2. The number of hydrogen-bond acceptors (Lipinski definition) is 3. The van der Waals surface area contributed by atoms with Gasteiger partial charge in [-0.3, -0.25) is 9.36 Å². The van der Waals surface area contributed by atoms with Gasteiger partial charge >= 0.3 is 0 Å². The zero-order valence-electron chi connectivity index (χ0n) is 10.2. The summed E-state index contributed by atoms with van der Waals surface area (Å²) in [5, 5.41) is 0.940. The summed E-state index contributed by atoms with van der Waals surface area (Å²) in [6, 6.07) is 10.9. The van der Waals surface area contributed by atoms with Crippen molar-refractivity contribution in [3.63, 3.8) is 0 Å². The molecule has 0 spiro atoms. The van der Waals surface area contributed by atoms with Crippen molar-refractivity contribution in [2.24, 2.45) is 0 Å². The van der Waals surface area contributed by atoms with E-state index >= 15 is 0 Å². The maximum absolute atomic E-state index is 12.2. The van der Waals surface area contributed by atoms with Gasteiger partial charge in [0.2, 0.25) is 5.28 Å². The number of benzene rings is 1. The van der Waals surface area contributed by atoms with Crippen molar-refractivity contribution in [3.8, 4) is 5.69 Å². The van der Waals surface area contributed by atoms with E-state index in [1.54, 1.807) is 12.3 Å². The SMILES string of the molecule is Cc1cc(=O)n(-c2ccccc2)c2nc(Cl)ncc12. The molecule has 94 valence electrons. The number of pyridine rings is 1. The summed E-state index contributed by atoms with van der Waals surface area (Å²) in [6.45, 7) is 1.86. The summed E-state index contributed by atoms with van der Waals surface area (Å²) in [7, 11) is 0. The van der Waals surface area contributed by atoms with Crippen LogP contribution in [-0.4, -0.2) is 14.5 Å². The molecular weight excluding hydrogens is 262 g/mol. The van der Waals surface area contributed by atoms with Crippen molar-refractivity contribution in [2.45, 2.75) is 6.92 Å². The van der Waals surface area contributed by atoms with Crippen molar-refractivity contribution in [1.82, 2.24) is 14.5 Å². The summed E-state index contributed by atoms with van der Waals surface area (Å²) >= 11 is 5.85. The van der Waals surface area contributed by atoms with E-state index in [1.807, 2.05) is 37.3 Å². The van der Waals surface area contributed by atoms with Crippen LogP contribution >= 0.6 is 11.6 Å². The number of para-hydroxylation sites is 1. The van der Waals surface area contributed by atoms with Crippen LogP contribution in [0.3, 0.4) is 0 Å². The van der Waals surface area contributed by atoms with Gasteiger partial charge in [0, 0.05) is 17.6 Å². The first kappa shape index (κ1) is 11.9. The second-order valence-corrected chi connectivity index (χ2v) is 4.55. The highest BCUT2D eigenvalue weighted by atomic mass is 35.5. The number of fused-ring (bicyclic) bond motifs is 1. The summed E-state index contributed by atoms with van der Waals surface area (Å²) < 4.78 is 1.54. The molecule has 2 heterocycles. The van der Waals surface area contributed by atoms with Gasteiger partial charge in [-0.1, -0.05) is 18.2 Å². The summed E-state index contributed by atoms with van der Waals surface area (Å²) in [5.41, 5.74) is 1.98. The number of nitrogens with zero attached hydrogens (tertiary/aromatic N) is 3. The number of aryl methyl sites for hydroxylation is 1. The van der Waals surface area contributed by atoms with Gasteiger partial charge in [0.05, 0.1) is 5.69 Å². The van der Waals surface area contributed by atoms with Gasteiger partial charge in [-0.05, 0) is 36.2 Å². The summed E-state index contributed by atoms with van der Waals surface area (Å²) in [4.78, 5) is 20.4. The lowest BCUT2D eigenvalue weighted by atomic mass is 10.2. The fourth-order valence-corrected chi connectivity index (χ4v) is 2.19. The van der Waals surface area contributed by atoms with Crippen LogP contribution in [0, 0.1) is 6.92 Å². The van der Waals surface area contributed by atoms with E-state index in [2.05, 4.69) is 9.97 Å². The molecule has 0 aliphatic carbocycles. The van der Waals surface area contributed by atoms with E-state index in [0.29, 0.717) is 5.65 Å². The van der Waals surface area contributed by atoms with E-state index < -0.39 is 0 Å². The van der Waals surface area contributed by atoms with Crippen LogP contribution in [-0.2, 0) is 0 Å². The number of halogens is 1. The number of aromatic nitrogens is 3. The Hall–Kier alpha value is -2.20.